The fourth-order valence-corrected chi connectivity index (χ4v) is 7.87. The molecule has 4 heterocycles. The maximum Gasteiger partial charge on any atom is 0.406 e. The van der Waals surface area contributed by atoms with E-state index >= 15 is 0 Å². The molecule has 2 fully saturated rings. The monoisotopic (exact) mass is 654 g/mol. The van der Waals surface area contributed by atoms with Gasteiger partial charge in [0, 0.05) is 29.0 Å². The first-order valence-corrected chi connectivity index (χ1v) is 16.2. The van der Waals surface area contributed by atoms with Gasteiger partial charge in [-0.05, 0) is 68.7 Å². The van der Waals surface area contributed by atoms with Gasteiger partial charge in [-0.15, -0.1) is 0 Å². The van der Waals surface area contributed by atoms with E-state index in [1.807, 2.05) is 0 Å². The van der Waals surface area contributed by atoms with Crippen LogP contribution in [0.1, 0.15) is 41.7 Å². The van der Waals surface area contributed by atoms with E-state index in [0.29, 0.717) is 17.5 Å². The zero-order valence-corrected chi connectivity index (χ0v) is 25.4. The summed E-state index contributed by atoms with van der Waals surface area (Å²) in [6, 6.07) is 6.72. The van der Waals surface area contributed by atoms with E-state index in [-0.39, 0.29) is 67.8 Å². The van der Waals surface area contributed by atoms with Crippen LogP contribution in [0, 0.1) is 24.7 Å². The molecule has 10 nitrogen and oxygen atoms in total. The van der Waals surface area contributed by atoms with Crippen LogP contribution in [0.3, 0.4) is 0 Å². The van der Waals surface area contributed by atoms with Crippen molar-refractivity contribution in [1.29, 1.82) is 0 Å². The predicted octanol–water partition coefficient (Wildman–Crippen LogP) is 5.17. The summed E-state index contributed by atoms with van der Waals surface area (Å²) in [6.07, 6.45) is -0.653. The van der Waals surface area contributed by atoms with E-state index in [2.05, 4.69) is 9.97 Å². The van der Waals surface area contributed by atoms with Crippen molar-refractivity contribution < 1.29 is 39.9 Å². The molecule has 0 spiro atoms. The minimum atomic E-state index is -4.76. The molecule has 6 rings (SSSR count). The second-order valence-corrected chi connectivity index (χ2v) is 13.7. The van der Waals surface area contributed by atoms with Gasteiger partial charge < -0.3 is 15.0 Å². The number of rotatable bonds is 8. The highest BCUT2D eigenvalue weighted by molar-refractivity contribution is 7.92. The number of sulfonamides is 1. The number of aryl methyl sites for hydroxylation is 1. The number of nitrogens with zero attached hydrogens (tertiary/aromatic N) is 5. The Balaban J connectivity index is 1.51. The minimum Gasteiger partial charge on any atom is -0.482 e. The Kier molecular flexibility index (Phi) is 7.58. The number of pyridine rings is 2. The quantitative estimate of drug-likeness (QED) is 0.158. The number of Topliss-reactive ketones (excluding diaryl/α,β-unsaturated/α-hetero) is 1. The van der Waals surface area contributed by atoms with Crippen LogP contribution in [-0.4, -0.2) is 65.3 Å². The second-order valence-electron chi connectivity index (χ2n) is 11.8. The molecule has 2 saturated carbocycles. The van der Waals surface area contributed by atoms with Crippen molar-refractivity contribution in [3.05, 3.63) is 41.6 Å². The van der Waals surface area contributed by atoms with Crippen molar-refractivity contribution in [3.63, 3.8) is 0 Å². The number of hydrogen-bond donors (Lipinski definition) is 1. The molecule has 0 radical (unpaired) electrons. The number of methoxy groups -OCH3 is 1. The standard InChI is InChI=1S/C29H31F5N6O4S/c1-14-25(20-10-16-6-9-21(40(28(30)31)45(3,42)43)37-27(16)38(20)13-29(32,33)34)36-22-11-17(12-23(44-2)39(14)22)26(41)24-15-4-7-18(24)19(35)8-5-15/h6,9-12,15,18-19,24,28H,4-5,7-8,13,35H2,1-3H3/t15-,18+,19+,24?/m0/s1. The lowest BCUT2D eigenvalue weighted by molar-refractivity contribution is -0.139. The third kappa shape index (κ3) is 5.41. The number of carbonyl (C=O) groups is 1. The summed E-state index contributed by atoms with van der Waals surface area (Å²) in [7, 11) is -3.10. The van der Waals surface area contributed by atoms with Gasteiger partial charge in [-0.25, -0.2) is 18.4 Å². The van der Waals surface area contributed by atoms with Crippen LogP contribution in [0.25, 0.3) is 28.1 Å². The smallest absolute Gasteiger partial charge is 0.406 e. The van der Waals surface area contributed by atoms with Crippen LogP contribution in [0.15, 0.2) is 30.3 Å². The van der Waals surface area contributed by atoms with E-state index in [1.54, 1.807) is 23.5 Å². The highest BCUT2D eigenvalue weighted by Crippen LogP contribution is 2.48. The molecule has 2 aliphatic carbocycles. The first-order chi connectivity index (χ1) is 21.1. The van der Waals surface area contributed by atoms with Gasteiger partial charge in [-0.2, -0.15) is 26.3 Å². The van der Waals surface area contributed by atoms with Gasteiger partial charge in [0.15, 0.2) is 11.7 Å². The summed E-state index contributed by atoms with van der Waals surface area (Å²) in [5.41, 5.74) is 7.07. The van der Waals surface area contributed by atoms with Crippen molar-refractivity contribution >= 4 is 38.3 Å². The molecule has 2 N–H and O–H groups in total. The SMILES string of the molecule is COc1cc(C(=O)C2[C@@H]3CC[C@@H](N)[C@H]2CC3)cc2nc(-c3cc4ccc(N(C(F)F)S(C)(=O)=O)nc4n3CC(F)(F)F)c(C)n12. The van der Waals surface area contributed by atoms with E-state index in [4.69, 9.17) is 10.5 Å². The number of halogens is 5. The molecule has 45 heavy (non-hydrogen) atoms. The van der Waals surface area contributed by atoms with Crippen molar-refractivity contribution in [2.75, 3.05) is 17.7 Å². The van der Waals surface area contributed by atoms with Crippen LogP contribution in [0.4, 0.5) is 27.8 Å². The number of hydrogen-bond acceptors (Lipinski definition) is 7. The van der Waals surface area contributed by atoms with Crippen molar-refractivity contribution in [1.82, 2.24) is 18.9 Å². The molecule has 2 bridgehead atoms. The molecule has 4 aromatic rings. The molecule has 4 aromatic heterocycles. The van der Waals surface area contributed by atoms with Crippen LogP contribution < -0.4 is 14.8 Å². The Hall–Kier alpha value is -3.79. The van der Waals surface area contributed by atoms with Gasteiger partial charge in [0.25, 0.3) is 0 Å². The highest BCUT2D eigenvalue weighted by atomic mass is 32.2. The lowest BCUT2D eigenvalue weighted by atomic mass is 9.72. The Morgan fingerprint density at radius 3 is 2.49 bits per heavy atom. The van der Waals surface area contributed by atoms with E-state index in [0.717, 1.165) is 36.3 Å². The van der Waals surface area contributed by atoms with Gasteiger partial charge in [0.2, 0.25) is 10.0 Å². The zero-order chi connectivity index (χ0) is 32.6. The summed E-state index contributed by atoms with van der Waals surface area (Å²) in [5, 5.41) is 0.143. The first kappa shape index (κ1) is 31.2. The Morgan fingerprint density at radius 2 is 1.84 bits per heavy atom. The molecule has 242 valence electrons. The Bertz CT molecular complexity index is 1920. The normalized spacial score (nSPS) is 22.1. The van der Waals surface area contributed by atoms with Crippen molar-refractivity contribution in [2.45, 2.75) is 57.9 Å². The summed E-state index contributed by atoms with van der Waals surface area (Å²) >= 11 is 0. The molecule has 2 aliphatic rings. The fraction of sp³-hybridized carbons (Fsp3) is 0.483. The fourth-order valence-electron chi connectivity index (χ4n) is 7.14. The highest BCUT2D eigenvalue weighted by Gasteiger charge is 2.47. The average molecular weight is 655 g/mol. The van der Waals surface area contributed by atoms with E-state index in [9.17, 15) is 35.2 Å². The summed E-state index contributed by atoms with van der Waals surface area (Å²) < 4.78 is 101. The van der Waals surface area contributed by atoms with Crippen LogP contribution in [0.5, 0.6) is 5.88 Å². The molecule has 0 aliphatic heterocycles. The maximum atomic E-state index is 13.9. The third-order valence-corrected chi connectivity index (χ3v) is 10.1. The van der Waals surface area contributed by atoms with Gasteiger partial charge in [-0.3, -0.25) is 9.20 Å². The second kappa shape index (κ2) is 10.9. The Labute approximate surface area is 255 Å². The summed E-state index contributed by atoms with van der Waals surface area (Å²) in [5.74, 6) is -0.473. The van der Waals surface area contributed by atoms with Crippen molar-refractivity contribution in [3.8, 4) is 17.3 Å². The van der Waals surface area contributed by atoms with Crippen molar-refractivity contribution in [2.24, 2.45) is 23.5 Å². The lowest BCUT2D eigenvalue weighted by Crippen LogP contribution is -2.41. The van der Waals surface area contributed by atoms with Crippen LogP contribution >= 0.6 is 0 Å². The molecule has 0 aromatic carbocycles. The number of nitrogens with two attached hydrogens (primary N) is 1. The largest absolute Gasteiger partial charge is 0.482 e. The number of alkyl halides is 5. The Morgan fingerprint density at radius 1 is 1.13 bits per heavy atom. The predicted molar refractivity (Wildman–Crippen MR) is 156 cm³/mol. The summed E-state index contributed by atoms with van der Waals surface area (Å²) in [4.78, 5) is 22.4. The third-order valence-electron chi connectivity index (χ3n) is 9.04. The number of imidazole rings is 1. The average Bonchev–Trinajstić information content (AvgIpc) is 3.58. The maximum absolute atomic E-state index is 13.9. The number of fused-ring (bicyclic) bond motifs is 4. The molecule has 0 amide bonds. The molecule has 1 unspecified atom stereocenters. The zero-order valence-electron chi connectivity index (χ0n) is 24.6. The molecule has 16 heteroatoms. The van der Waals surface area contributed by atoms with Gasteiger partial charge in [0.05, 0.1) is 24.8 Å². The van der Waals surface area contributed by atoms with E-state index < -0.39 is 35.1 Å². The van der Waals surface area contributed by atoms with Gasteiger partial charge in [-0.1, -0.05) is 0 Å². The first-order valence-electron chi connectivity index (χ1n) is 14.3. The lowest BCUT2D eigenvalue weighted by Gasteiger charge is -2.33. The molecule has 0 saturated heterocycles. The molecular formula is C29H31F5N6O4S. The number of ether oxygens (including phenoxy) is 1. The number of ketones is 1. The van der Waals surface area contributed by atoms with E-state index in [1.165, 1.54) is 19.2 Å². The van der Waals surface area contributed by atoms with Crippen LogP contribution in [0.2, 0.25) is 0 Å². The van der Waals surface area contributed by atoms with Crippen LogP contribution in [-0.2, 0) is 16.6 Å². The molecular weight excluding hydrogens is 623 g/mol. The number of aromatic nitrogens is 4. The number of anilines is 1. The minimum absolute atomic E-state index is 0.0395. The summed E-state index contributed by atoms with van der Waals surface area (Å²) in [6.45, 7) is -3.45. The topological polar surface area (TPSA) is 125 Å². The number of carbonyl (C=O) groups excluding carboxylic acids is 1. The molecule has 4 atom stereocenters. The van der Waals surface area contributed by atoms with Gasteiger partial charge in [0.1, 0.15) is 29.4 Å². The van der Waals surface area contributed by atoms with Gasteiger partial charge >= 0.3 is 12.7 Å².